The number of hydrogen-bond acceptors (Lipinski definition) is 6. The fourth-order valence-corrected chi connectivity index (χ4v) is 5.37. The number of ether oxygens (including phenoxy) is 1. The van der Waals surface area contributed by atoms with Gasteiger partial charge in [0.15, 0.2) is 5.78 Å². The molecule has 0 bridgehead atoms. The normalized spacial score (nSPS) is 25.1. The Bertz CT molecular complexity index is 1220. The molecule has 33 heavy (non-hydrogen) atoms. The summed E-state index contributed by atoms with van der Waals surface area (Å²) in [5.41, 5.74) is 3.67. The third-order valence-corrected chi connectivity index (χ3v) is 6.71. The molecule has 2 aromatic carbocycles. The number of anilines is 2. The summed E-state index contributed by atoms with van der Waals surface area (Å²) in [6.45, 7) is 5.46. The zero-order chi connectivity index (χ0) is 23.4. The number of carbonyl (C=O) groups excluding carboxylic acids is 4. The van der Waals surface area contributed by atoms with Gasteiger partial charge in [-0.15, -0.1) is 0 Å². The number of benzene rings is 2. The molecule has 0 spiro atoms. The molecule has 7 heteroatoms. The molecule has 0 saturated carbocycles. The van der Waals surface area contributed by atoms with Crippen molar-refractivity contribution in [2.24, 2.45) is 11.8 Å². The van der Waals surface area contributed by atoms with Crippen LogP contribution in [0, 0.1) is 18.8 Å². The van der Waals surface area contributed by atoms with Gasteiger partial charge in [-0.05, 0) is 62.7 Å². The lowest BCUT2D eigenvalue weighted by molar-refractivity contribution is -0.126. The molecule has 3 aliphatic heterocycles. The van der Waals surface area contributed by atoms with Crippen LogP contribution in [0.1, 0.15) is 35.3 Å². The molecule has 2 amide bonds. The largest absolute Gasteiger partial charge is 0.462 e. The van der Waals surface area contributed by atoms with Crippen LogP contribution in [0.3, 0.4) is 0 Å². The van der Waals surface area contributed by atoms with E-state index in [0.29, 0.717) is 11.3 Å². The van der Waals surface area contributed by atoms with Gasteiger partial charge in [-0.1, -0.05) is 23.8 Å². The number of Topliss-reactive ketones (excluding diaryl/α,β-unsaturated/α-hetero) is 1. The van der Waals surface area contributed by atoms with Crippen molar-refractivity contribution in [1.82, 2.24) is 0 Å². The minimum atomic E-state index is -0.762. The minimum Gasteiger partial charge on any atom is -0.462 e. The van der Waals surface area contributed by atoms with Crippen LogP contribution in [0.15, 0.2) is 48.5 Å². The number of nitrogens with zero attached hydrogens (tertiary/aromatic N) is 2. The van der Waals surface area contributed by atoms with Crippen molar-refractivity contribution in [1.29, 1.82) is 0 Å². The standard InChI is InChI=1S/C26H24N2O5/c1-4-33-26(32)16-6-9-18(10-7-16)27-24(30)21-20-12-8-17-13-14(2)5-11-19(17)28(20)23(15(3)29)22(21)25(27)31/h5-13,20-23H,4H2,1-3H3/t20-,21-,22-,23+/m0/s1. The number of carbonyl (C=O) groups is 4. The average Bonchev–Trinajstić information content (AvgIpc) is 3.27. The Kier molecular flexibility index (Phi) is 4.92. The molecule has 0 radical (unpaired) electrons. The van der Waals surface area contributed by atoms with Crippen LogP contribution in [0.2, 0.25) is 0 Å². The fourth-order valence-electron chi connectivity index (χ4n) is 5.37. The zero-order valence-corrected chi connectivity index (χ0v) is 18.6. The van der Waals surface area contributed by atoms with Gasteiger partial charge in [0.1, 0.15) is 6.04 Å². The first kappa shape index (κ1) is 21.1. The summed E-state index contributed by atoms with van der Waals surface area (Å²) in [6, 6.07) is 11.1. The molecule has 3 aliphatic rings. The lowest BCUT2D eigenvalue weighted by atomic mass is 9.88. The number of aryl methyl sites for hydroxylation is 1. The van der Waals surface area contributed by atoms with Crippen molar-refractivity contribution in [3.8, 4) is 0 Å². The van der Waals surface area contributed by atoms with E-state index in [0.717, 1.165) is 21.7 Å². The van der Waals surface area contributed by atoms with E-state index in [2.05, 4.69) is 0 Å². The quantitative estimate of drug-likeness (QED) is 0.532. The Morgan fingerprint density at radius 3 is 2.36 bits per heavy atom. The van der Waals surface area contributed by atoms with Crippen molar-refractivity contribution in [3.05, 3.63) is 65.2 Å². The number of esters is 1. The Balaban J connectivity index is 1.52. The molecular weight excluding hydrogens is 420 g/mol. The molecular formula is C26H24N2O5. The molecule has 0 unspecified atom stereocenters. The number of rotatable bonds is 4. The molecule has 7 nitrogen and oxygen atoms in total. The Hall–Kier alpha value is -3.74. The number of fused-ring (bicyclic) bond motifs is 5. The van der Waals surface area contributed by atoms with E-state index < -0.39 is 23.8 Å². The lowest BCUT2D eigenvalue weighted by Crippen LogP contribution is -2.48. The van der Waals surface area contributed by atoms with Crippen molar-refractivity contribution >= 4 is 41.0 Å². The van der Waals surface area contributed by atoms with Gasteiger partial charge >= 0.3 is 5.97 Å². The molecule has 5 rings (SSSR count). The molecule has 0 aromatic heterocycles. The van der Waals surface area contributed by atoms with Gasteiger partial charge in [-0.25, -0.2) is 9.69 Å². The lowest BCUT2D eigenvalue weighted by Gasteiger charge is -2.36. The van der Waals surface area contributed by atoms with E-state index in [-0.39, 0.29) is 30.2 Å². The molecule has 2 aromatic rings. The van der Waals surface area contributed by atoms with Gasteiger partial charge in [0.05, 0.1) is 35.7 Å². The maximum absolute atomic E-state index is 13.6. The summed E-state index contributed by atoms with van der Waals surface area (Å²) in [7, 11) is 0. The van der Waals surface area contributed by atoms with E-state index >= 15 is 0 Å². The predicted octanol–water partition coefficient (Wildman–Crippen LogP) is 3.15. The Morgan fingerprint density at radius 2 is 1.70 bits per heavy atom. The van der Waals surface area contributed by atoms with Crippen molar-refractivity contribution in [2.75, 3.05) is 16.4 Å². The summed E-state index contributed by atoms with van der Waals surface area (Å²) < 4.78 is 4.99. The summed E-state index contributed by atoms with van der Waals surface area (Å²) in [6.07, 6.45) is 3.90. The van der Waals surface area contributed by atoms with Crippen LogP contribution >= 0.6 is 0 Å². The second-order valence-corrected chi connectivity index (χ2v) is 8.71. The summed E-state index contributed by atoms with van der Waals surface area (Å²) in [5.74, 6) is -2.73. The summed E-state index contributed by atoms with van der Waals surface area (Å²) in [5, 5.41) is 0. The van der Waals surface area contributed by atoms with Crippen LogP contribution in [-0.4, -0.2) is 42.3 Å². The molecule has 2 fully saturated rings. The second kappa shape index (κ2) is 7.69. The highest BCUT2D eigenvalue weighted by Gasteiger charge is 2.63. The molecule has 2 saturated heterocycles. The highest BCUT2D eigenvalue weighted by Crippen LogP contribution is 2.49. The minimum absolute atomic E-state index is 0.144. The topological polar surface area (TPSA) is 84.0 Å². The van der Waals surface area contributed by atoms with E-state index in [1.807, 2.05) is 42.2 Å². The van der Waals surface area contributed by atoms with Crippen LogP contribution in [-0.2, 0) is 19.1 Å². The molecule has 0 aliphatic carbocycles. The predicted molar refractivity (Wildman–Crippen MR) is 123 cm³/mol. The van der Waals surface area contributed by atoms with Gasteiger partial charge in [-0.3, -0.25) is 14.4 Å². The molecule has 168 valence electrons. The van der Waals surface area contributed by atoms with Gasteiger partial charge in [-0.2, -0.15) is 0 Å². The highest BCUT2D eigenvalue weighted by molar-refractivity contribution is 6.24. The van der Waals surface area contributed by atoms with Crippen LogP contribution in [0.25, 0.3) is 6.08 Å². The number of ketones is 1. The monoisotopic (exact) mass is 444 g/mol. The van der Waals surface area contributed by atoms with E-state index in [1.54, 1.807) is 19.1 Å². The molecule has 0 N–H and O–H groups in total. The first-order chi connectivity index (χ1) is 15.8. The number of imide groups is 1. The maximum Gasteiger partial charge on any atom is 0.338 e. The van der Waals surface area contributed by atoms with Gasteiger partial charge in [0.25, 0.3) is 0 Å². The van der Waals surface area contributed by atoms with Gasteiger partial charge in [0, 0.05) is 5.69 Å². The smallest absolute Gasteiger partial charge is 0.338 e. The third-order valence-electron chi connectivity index (χ3n) is 6.71. The Morgan fingerprint density at radius 1 is 1.00 bits per heavy atom. The summed E-state index contributed by atoms with van der Waals surface area (Å²) >= 11 is 0. The van der Waals surface area contributed by atoms with Crippen LogP contribution < -0.4 is 9.80 Å². The first-order valence-corrected chi connectivity index (χ1v) is 11.1. The number of amides is 2. The maximum atomic E-state index is 13.6. The average molecular weight is 444 g/mol. The zero-order valence-electron chi connectivity index (χ0n) is 18.6. The van der Waals surface area contributed by atoms with Crippen molar-refractivity contribution in [3.63, 3.8) is 0 Å². The third kappa shape index (κ3) is 3.10. The van der Waals surface area contributed by atoms with Crippen LogP contribution in [0.4, 0.5) is 11.4 Å². The van der Waals surface area contributed by atoms with Gasteiger partial charge in [0.2, 0.25) is 11.8 Å². The molecule has 4 atom stereocenters. The second-order valence-electron chi connectivity index (χ2n) is 8.71. The SMILES string of the molecule is CCOC(=O)c1ccc(N2C(=O)[C@@H]3[C@H](C2=O)[C@@H](C(C)=O)N2c4ccc(C)cc4C=C[C@@H]32)cc1. The van der Waals surface area contributed by atoms with E-state index in [9.17, 15) is 19.2 Å². The van der Waals surface area contributed by atoms with Crippen molar-refractivity contribution in [2.45, 2.75) is 32.9 Å². The van der Waals surface area contributed by atoms with Crippen LogP contribution in [0.5, 0.6) is 0 Å². The fraction of sp³-hybridized carbons (Fsp3) is 0.308. The van der Waals surface area contributed by atoms with Crippen molar-refractivity contribution < 1.29 is 23.9 Å². The van der Waals surface area contributed by atoms with E-state index in [4.69, 9.17) is 4.74 Å². The van der Waals surface area contributed by atoms with E-state index in [1.165, 1.54) is 19.1 Å². The Labute approximate surface area is 191 Å². The van der Waals surface area contributed by atoms with Gasteiger partial charge < -0.3 is 9.64 Å². The highest BCUT2D eigenvalue weighted by atomic mass is 16.5. The number of hydrogen-bond donors (Lipinski definition) is 0. The molecule has 3 heterocycles. The summed E-state index contributed by atoms with van der Waals surface area (Å²) in [4.78, 5) is 55.0. The first-order valence-electron chi connectivity index (χ1n) is 11.1.